The van der Waals surface area contributed by atoms with Crippen molar-refractivity contribution in [3.05, 3.63) is 35.6 Å². The number of rotatable bonds is 4. The second kappa shape index (κ2) is 7.77. The van der Waals surface area contributed by atoms with Crippen LogP contribution in [0, 0.1) is 11.7 Å². The zero-order chi connectivity index (χ0) is 15.9. The highest BCUT2D eigenvalue weighted by molar-refractivity contribution is 5.77. The molecule has 1 atom stereocenters. The van der Waals surface area contributed by atoms with Gasteiger partial charge in [0.1, 0.15) is 5.82 Å². The standard InChI is InChI=1S/C16H21FN2O3/c1-2-22-15(20)13-6-4-8-19(11-13)16(21)18-10-12-5-3-7-14(17)9-12/h3,5,7,9,13H,2,4,6,8,10-11H2,1H3,(H,18,21). The second-order valence-electron chi connectivity index (χ2n) is 5.33. The molecule has 0 radical (unpaired) electrons. The van der Waals surface area contributed by atoms with Gasteiger partial charge in [0, 0.05) is 19.6 Å². The van der Waals surface area contributed by atoms with Crippen LogP contribution in [0.3, 0.4) is 0 Å². The molecule has 0 aromatic heterocycles. The zero-order valence-electron chi connectivity index (χ0n) is 12.7. The maximum Gasteiger partial charge on any atom is 0.317 e. The Bertz CT molecular complexity index is 536. The number of nitrogens with one attached hydrogen (secondary N) is 1. The molecule has 1 aliphatic rings. The van der Waals surface area contributed by atoms with E-state index < -0.39 is 0 Å². The number of hydrogen-bond donors (Lipinski definition) is 1. The Morgan fingerprint density at radius 2 is 2.27 bits per heavy atom. The summed E-state index contributed by atoms with van der Waals surface area (Å²) in [6, 6.07) is 5.87. The number of halogens is 1. The van der Waals surface area contributed by atoms with Gasteiger partial charge in [-0.15, -0.1) is 0 Å². The summed E-state index contributed by atoms with van der Waals surface area (Å²) in [4.78, 5) is 25.5. The van der Waals surface area contributed by atoms with Crippen molar-refractivity contribution in [2.75, 3.05) is 19.7 Å². The summed E-state index contributed by atoms with van der Waals surface area (Å²) in [5.41, 5.74) is 0.701. The first kappa shape index (κ1) is 16.3. The molecule has 22 heavy (non-hydrogen) atoms. The number of esters is 1. The number of urea groups is 1. The van der Waals surface area contributed by atoms with Crippen LogP contribution in [0.4, 0.5) is 9.18 Å². The average molecular weight is 308 g/mol. The highest BCUT2D eigenvalue weighted by Crippen LogP contribution is 2.18. The minimum atomic E-state index is -0.327. The molecule has 1 saturated heterocycles. The van der Waals surface area contributed by atoms with Gasteiger partial charge in [0.25, 0.3) is 0 Å². The molecule has 5 nitrogen and oxygen atoms in total. The van der Waals surface area contributed by atoms with E-state index >= 15 is 0 Å². The van der Waals surface area contributed by atoms with Crippen molar-refractivity contribution in [3.8, 4) is 0 Å². The lowest BCUT2D eigenvalue weighted by Gasteiger charge is -2.31. The Balaban J connectivity index is 1.85. The van der Waals surface area contributed by atoms with Crippen molar-refractivity contribution >= 4 is 12.0 Å². The van der Waals surface area contributed by atoms with E-state index in [1.165, 1.54) is 12.1 Å². The number of hydrogen-bond acceptors (Lipinski definition) is 3. The Morgan fingerprint density at radius 3 is 3.00 bits per heavy atom. The van der Waals surface area contributed by atoms with Crippen LogP contribution >= 0.6 is 0 Å². The summed E-state index contributed by atoms with van der Waals surface area (Å²) in [5, 5.41) is 2.76. The molecule has 1 N–H and O–H groups in total. The van der Waals surface area contributed by atoms with E-state index in [4.69, 9.17) is 4.74 Å². The van der Waals surface area contributed by atoms with Crippen molar-refractivity contribution in [1.82, 2.24) is 10.2 Å². The van der Waals surface area contributed by atoms with Crippen molar-refractivity contribution in [2.45, 2.75) is 26.3 Å². The van der Waals surface area contributed by atoms with E-state index in [1.807, 2.05) is 0 Å². The van der Waals surface area contributed by atoms with Crippen molar-refractivity contribution < 1.29 is 18.7 Å². The zero-order valence-corrected chi connectivity index (χ0v) is 12.7. The molecule has 1 aromatic carbocycles. The molecule has 6 heteroatoms. The van der Waals surface area contributed by atoms with E-state index in [-0.39, 0.29) is 30.3 Å². The highest BCUT2D eigenvalue weighted by atomic mass is 19.1. The lowest BCUT2D eigenvalue weighted by atomic mass is 9.98. The van der Waals surface area contributed by atoms with Crippen LogP contribution < -0.4 is 5.32 Å². The van der Waals surface area contributed by atoms with Gasteiger partial charge in [0.15, 0.2) is 0 Å². The number of benzene rings is 1. The highest BCUT2D eigenvalue weighted by Gasteiger charge is 2.29. The fraction of sp³-hybridized carbons (Fsp3) is 0.500. The predicted octanol–water partition coefficient (Wildman–Crippen LogP) is 2.31. The van der Waals surface area contributed by atoms with Crippen molar-refractivity contribution in [1.29, 1.82) is 0 Å². The second-order valence-corrected chi connectivity index (χ2v) is 5.33. The normalized spacial score (nSPS) is 17.9. The Labute approximate surface area is 129 Å². The fourth-order valence-electron chi connectivity index (χ4n) is 2.55. The SMILES string of the molecule is CCOC(=O)C1CCCN(C(=O)NCc2cccc(F)c2)C1. The van der Waals surface area contributed by atoms with Gasteiger partial charge in [0.2, 0.25) is 0 Å². The molecule has 0 spiro atoms. The van der Waals surface area contributed by atoms with E-state index in [0.29, 0.717) is 25.3 Å². The first-order valence-electron chi connectivity index (χ1n) is 7.54. The summed E-state index contributed by atoms with van der Waals surface area (Å²) >= 11 is 0. The van der Waals surface area contributed by atoms with Crippen LogP contribution in [0.2, 0.25) is 0 Å². The third-order valence-corrected chi connectivity index (χ3v) is 3.66. The van der Waals surface area contributed by atoms with E-state index in [0.717, 1.165) is 12.8 Å². The maximum absolute atomic E-state index is 13.1. The number of piperidine rings is 1. The Hall–Kier alpha value is -2.11. The van der Waals surface area contributed by atoms with Crippen LogP contribution in [0.25, 0.3) is 0 Å². The quantitative estimate of drug-likeness (QED) is 0.868. The number of carbonyl (C=O) groups excluding carboxylic acids is 2. The molecule has 0 bridgehead atoms. The Morgan fingerprint density at radius 1 is 1.45 bits per heavy atom. The average Bonchev–Trinajstić information content (AvgIpc) is 2.53. The van der Waals surface area contributed by atoms with Crippen LogP contribution in [-0.2, 0) is 16.1 Å². The number of likely N-dealkylation sites (tertiary alicyclic amines) is 1. The largest absolute Gasteiger partial charge is 0.466 e. The van der Waals surface area contributed by atoms with Crippen LogP contribution in [0.1, 0.15) is 25.3 Å². The van der Waals surface area contributed by atoms with Gasteiger partial charge in [0.05, 0.1) is 12.5 Å². The molecule has 1 unspecified atom stereocenters. The summed E-state index contributed by atoms with van der Waals surface area (Å²) in [6.07, 6.45) is 1.52. The first-order valence-corrected chi connectivity index (χ1v) is 7.54. The van der Waals surface area contributed by atoms with Gasteiger partial charge in [-0.05, 0) is 37.5 Å². The minimum Gasteiger partial charge on any atom is -0.466 e. The van der Waals surface area contributed by atoms with Gasteiger partial charge in [-0.3, -0.25) is 4.79 Å². The monoisotopic (exact) mass is 308 g/mol. The van der Waals surface area contributed by atoms with Gasteiger partial charge in [-0.1, -0.05) is 12.1 Å². The number of carbonyl (C=O) groups is 2. The number of nitrogens with zero attached hydrogens (tertiary/aromatic N) is 1. The molecular formula is C16H21FN2O3. The van der Waals surface area contributed by atoms with Gasteiger partial charge in [-0.2, -0.15) is 0 Å². The summed E-state index contributed by atoms with van der Waals surface area (Å²) in [6.45, 7) is 3.36. The fourth-order valence-corrected chi connectivity index (χ4v) is 2.55. The molecular weight excluding hydrogens is 287 g/mol. The van der Waals surface area contributed by atoms with Gasteiger partial charge >= 0.3 is 12.0 Å². The topological polar surface area (TPSA) is 58.6 Å². The van der Waals surface area contributed by atoms with Crippen LogP contribution in [-0.4, -0.2) is 36.6 Å². The predicted molar refractivity (Wildman–Crippen MR) is 79.6 cm³/mol. The van der Waals surface area contributed by atoms with E-state index in [1.54, 1.807) is 24.0 Å². The van der Waals surface area contributed by atoms with Gasteiger partial charge in [-0.25, -0.2) is 9.18 Å². The van der Waals surface area contributed by atoms with Gasteiger partial charge < -0.3 is 15.0 Å². The molecule has 1 heterocycles. The maximum atomic E-state index is 13.1. The molecule has 120 valence electrons. The lowest BCUT2D eigenvalue weighted by Crippen LogP contribution is -2.47. The van der Waals surface area contributed by atoms with E-state index in [2.05, 4.69) is 5.32 Å². The molecule has 2 rings (SSSR count). The molecule has 1 fully saturated rings. The number of ether oxygens (including phenoxy) is 1. The van der Waals surface area contributed by atoms with Crippen LogP contribution in [0.15, 0.2) is 24.3 Å². The molecule has 1 aromatic rings. The minimum absolute atomic E-state index is 0.238. The van der Waals surface area contributed by atoms with Crippen molar-refractivity contribution in [2.24, 2.45) is 5.92 Å². The smallest absolute Gasteiger partial charge is 0.317 e. The van der Waals surface area contributed by atoms with Crippen LogP contribution in [0.5, 0.6) is 0 Å². The Kier molecular flexibility index (Phi) is 5.75. The molecule has 0 saturated carbocycles. The third-order valence-electron chi connectivity index (χ3n) is 3.66. The number of amides is 2. The van der Waals surface area contributed by atoms with E-state index in [9.17, 15) is 14.0 Å². The molecule has 2 amide bonds. The summed E-state index contributed by atoms with van der Waals surface area (Å²) in [7, 11) is 0. The first-order chi connectivity index (χ1) is 10.6. The molecule has 1 aliphatic heterocycles. The summed E-state index contributed by atoms with van der Waals surface area (Å²) in [5.74, 6) is -0.828. The van der Waals surface area contributed by atoms with Crippen molar-refractivity contribution in [3.63, 3.8) is 0 Å². The lowest BCUT2D eigenvalue weighted by molar-refractivity contribution is -0.149. The summed E-state index contributed by atoms with van der Waals surface area (Å²) < 4.78 is 18.1. The third kappa shape index (κ3) is 4.44. The molecule has 0 aliphatic carbocycles.